The normalized spacial score (nSPS) is 12.7. The SMILES string of the molecule is CC[C@@H](C)NC(=O)[C@H](CC)N(Cc1ccc(OC)cc1)C(=O)CN(c1ccc(Br)cc1)S(=O)(=O)c1ccccc1. The van der Waals surface area contributed by atoms with Crippen molar-refractivity contribution in [2.24, 2.45) is 0 Å². The number of methoxy groups -OCH3 is 1. The van der Waals surface area contributed by atoms with Crippen LogP contribution in [0.25, 0.3) is 0 Å². The Balaban J connectivity index is 2.03. The van der Waals surface area contributed by atoms with E-state index >= 15 is 0 Å². The van der Waals surface area contributed by atoms with Crippen LogP contribution in [0.1, 0.15) is 39.2 Å². The smallest absolute Gasteiger partial charge is 0.264 e. The molecule has 0 aromatic heterocycles. The molecule has 0 heterocycles. The molecular formula is C30H36BrN3O5S. The highest BCUT2D eigenvalue weighted by molar-refractivity contribution is 9.10. The van der Waals surface area contributed by atoms with Crippen LogP contribution in [-0.4, -0.2) is 50.9 Å². The predicted octanol–water partition coefficient (Wildman–Crippen LogP) is 5.38. The van der Waals surface area contributed by atoms with Crippen LogP contribution in [-0.2, 0) is 26.2 Å². The van der Waals surface area contributed by atoms with Gasteiger partial charge in [0.25, 0.3) is 10.0 Å². The first-order chi connectivity index (χ1) is 19.1. The summed E-state index contributed by atoms with van der Waals surface area (Å²) in [5.74, 6) is -0.109. The number of carbonyl (C=O) groups is 2. The molecule has 214 valence electrons. The molecule has 3 aromatic rings. The Labute approximate surface area is 245 Å². The molecule has 2 amide bonds. The molecule has 40 heavy (non-hydrogen) atoms. The second-order valence-corrected chi connectivity index (χ2v) is 12.2. The molecule has 0 aliphatic carbocycles. The van der Waals surface area contributed by atoms with Gasteiger partial charge >= 0.3 is 0 Å². The molecular weight excluding hydrogens is 594 g/mol. The summed E-state index contributed by atoms with van der Waals surface area (Å²) in [5.41, 5.74) is 1.12. The average molecular weight is 631 g/mol. The van der Waals surface area contributed by atoms with Gasteiger partial charge in [-0.15, -0.1) is 0 Å². The van der Waals surface area contributed by atoms with E-state index in [0.29, 0.717) is 17.9 Å². The number of ether oxygens (including phenoxy) is 1. The summed E-state index contributed by atoms with van der Waals surface area (Å²) >= 11 is 3.38. The largest absolute Gasteiger partial charge is 0.497 e. The lowest BCUT2D eigenvalue weighted by atomic mass is 10.1. The molecule has 0 radical (unpaired) electrons. The number of halogens is 1. The van der Waals surface area contributed by atoms with Crippen LogP contribution < -0.4 is 14.4 Å². The fourth-order valence-electron chi connectivity index (χ4n) is 4.14. The minimum atomic E-state index is -4.10. The number of sulfonamides is 1. The second kappa shape index (κ2) is 14.3. The molecule has 10 heteroatoms. The molecule has 2 atom stereocenters. The van der Waals surface area contributed by atoms with E-state index in [1.807, 2.05) is 32.9 Å². The average Bonchev–Trinajstić information content (AvgIpc) is 2.96. The minimum Gasteiger partial charge on any atom is -0.497 e. The summed E-state index contributed by atoms with van der Waals surface area (Å²) in [5, 5.41) is 2.98. The zero-order valence-corrected chi connectivity index (χ0v) is 25.6. The highest BCUT2D eigenvalue weighted by Gasteiger charge is 2.34. The first-order valence-corrected chi connectivity index (χ1v) is 15.4. The number of hydrogen-bond donors (Lipinski definition) is 1. The van der Waals surface area contributed by atoms with Crippen molar-refractivity contribution in [3.05, 3.63) is 88.9 Å². The van der Waals surface area contributed by atoms with Crippen molar-refractivity contribution in [1.82, 2.24) is 10.2 Å². The van der Waals surface area contributed by atoms with Crippen LogP contribution in [0.3, 0.4) is 0 Å². The molecule has 0 saturated heterocycles. The minimum absolute atomic E-state index is 0.0639. The first-order valence-electron chi connectivity index (χ1n) is 13.2. The van der Waals surface area contributed by atoms with Gasteiger partial charge in [-0.1, -0.05) is 60.1 Å². The molecule has 0 bridgehead atoms. The van der Waals surface area contributed by atoms with E-state index in [1.54, 1.807) is 61.7 Å². The lowest BCUT2D eigenvalue weighted by Gasteiger charge is -2.33. The Morgan fingerprint density at radius 3 is 2.10 bits per heavy atom. The monoisotopic (exact) mass is 629 g/mol. The quantitative estimate of drug-likeness (QED) is 0.274. The maximum absolute atomic E-state index is 14.1. The summed E-state index contributed by atoms with van der Waals surface area (Å²) in [7, 11) is -2.53. The fraction of sp³-hybridized carbons (Fsp3) is 0.333. The molecule has 0 unspecified atom stereocenters. The summed E-state index contributed by atoms with van der Waals surface area (Å²) in [6, 6.07) is 21.1. The van der Waals surface area contributed by atoms with Crippen LogP contribution in [0.4, 0.5) is 5.69 Å². The molecule has 0 spiro atoms. The van der Waals surface area contributed by atoms with Crippen molar-refractivity contribution in [1.29, 1.82) is 0 Å². The highest BCUT2D eigenvalue weighted by Crippen LogP contribution is 2.26. The van der Waals surface area contributed by atoms with Gasteiger partial charge in [0.15, 0.2) is 0 Å². The lowest BCUT2D eigenvalue weighted by molar-refractivity contribution is -0.140. The van der Waals surface area contributed by atoms with Gasteiger partial charge in [-0.05, 0) is 73.9 Å². The van der Waals surface area contributed by atoms with E-state index in [2.05, 4.69) is 21.2 Å². The number of nitrogens with one attached hydrogen (secondary N) is 1. The number of anilines is 1. The van der Waals surface area contributed by atoms with Gasteiger partial charge in [-0.25, -0.2) is 8.42 Å². The Bertz CT molecular complexity index is 1370. The van der Waals surface area contributed by atoms with Crippen molar-refractivity contribution >= 4 is 43.5 Å². The van der Waals surface area contributed by atoms with Crippen molar-refractivity contribution < 1.29 is 22.7 Å². The number of nitrogens with zero attached hydrogens (tertiary/aromatic N) is 2. The highest BCUT2D eigenvalue weighted by atomic mass is 79.9. The maximum atomic E-state index is 14.1. The third-order valence-electron chi connectivity index (χ3n) is 6.62. The van der Waals surface area contributed by atoms with E-state index < -0.39 is 28.5 Å². The van der Waals surface area contributed by atoms with Gasteiger partial charge in [0, 0.05) is 17.1 Å². The number of rotatable bonds is 13. The Hall–Kier alpha value is -3.37. The second-order valence-electron chi connectivity index (χ2n) is 9.41. The summed E-state index contributed by atoms with van der Waals surface area (Å²) in [6.45, 7) is 5.35. The van der Waals surface area contributed by atoms with Crippen LogP contribution in [0, 0.1) is 0 Å². The number of hydrogen-bond acceptors (Lipinski definition) is 5. The number of amides is 2. The standard InChI is InChI=1S/C30H36BrN3O5S/c1-5-22(3)32-30(36)28(6-2)33(20-23-12-18-26(39-4)19-13-23)29(35)21-34(25-16-14-24(31)15-17-25)40(37,38)27-10-8-7-9-11-27/h7-19,22,28H,5-6,20-21H2,1-4H3,(H,32,36)/t22-,28+/m1/s1. The summed E-state index contributed by atoms with van der Waals surface area (Å²) < 4.78 is 34.7. The van der Waals surface area contributed by atoms with Gasteiger partial charge < -0.3 is 15.0 Å². The predicted molar refractivity (Wildman–Crippen MR) is 161 cm³/mol. The molecule has 8 nitrogen and oxygen atoms in total. The van der Waals surface area contributed by atoms with Gasteiger partial charge in [0.1, 0.15) is 18.3 Å². The number of carbonyl (C=O) groups excluding carboxylic acids is 2. The van der Waals surface area contributed by atoms with Crippen LogP contribution in [0.5, 0.6) is 5.75 Å². The van der Waals surface area contributed by atoms with Gasteiger partial charge in [0.05, 0.1) is 17.7 Å². The van der Waals surface area contributed by atoms with E-state index in [4.69, 9.17) is 4.74 Å². The summed E-state index contributed by atoms with van der Waals surface area (Å²) in [4.78, 5) is 28.9. The Morgan fingerprint density at radius 2 is 1.55 bits per heavy atom. The molecule has 0 aliphatic heterocycles. The third-order valence-corrected chi connectivity index (χ3v) is 8.94. The summed E-state index contributed by atoms with van der Waals surface area (Å²) in [6.07, 6.45) is 1.09. The van der Waals surface area contributed by atoms with Crippen LogP contribution in [0.15, 0.2) is 88.2 Å². The van der Waals surface area contributed by atoms with Gasteiger partial charge in [-0.3, -0.25) is 13.9 Å². The zero-order chi connectivity index (χ0) is 29.3. The number of benzene rings is 3. The molecule has 0 fully saturated rings. The maximum Gasteiger partial charge on any atom is 0.264 e. The molecule has 3 rings (SSSR count). The van der Waals surface area contributed by atoms with Crippen molar-refractivity contribution in [2.45, 2.75) is 57.1 Å². The molecule has 1 N–H and O–H groups in total. The zero-order valence-electron chi connectivity index (χ0n) is 23.2. The van der Waals surface area contributed by atoms with Gasteiger partial charge in [-0.2, -0.15) is 0 Å². The molecule has 0 aliphatic rings. The third kappa shape index (κ3) is 7.85. The van der Waals surface area contributed by atoms with Crippen LogP contribution in [0.2, 0.25) is 0 Å². The topological polar surface area (TPSA) is 96.0 Å². The Morgan fingerprint density at radius 1 is 0.925 bits per heavy atom. The molecule has 0 saturated carbocycles. The van der Waals surface area contributed by atoms with Crippen molar-refractivity contribution in [2.75, 3.05) is 18.0 Å². The van der Waals surface area contributed by atoms with E-state index in [1.165, 1.54) is 17.0 Å². The van der Waals surface area contributed by atoms with Crippen LogP contribution >= 0.6 is 15.9 Å². The lowest BCUT2D eigenvalue weighted by Crippen LogP contribution is -2.53. The fourth-order valence-corrected chi connectivity index (χ4v) is 5.84. The van der Waals surface area contributed by atoms with E-state index in [0.717, 1.165) is 20.8 Å². The molecule has 3 aromatic carbocycles. The van der Waals surface area contributed by atoms with E-state index in [9.17, 15) is 18.0 Å². The van der Waals surface area contributed by atoms with Gasteiger partial charge in [0.2, 0.25) is 11.8 Å². The Kier molecular flexibility index (Phi) is 11.2. The van der Waals surface area contributed by atoms with E-state index in [-0.39, 0.29) is 23.4 Å². The first kappa shape index (κ1) is 31.2. The van der Waals surface area contributed by atoms with Crippen molar-refractivity contribution in [3.8, 4) is 5.75 Å². The van der Waals surface area contributed by atoms with Crippen molar-refractivity contribution in [3.63, 3.8) is 0 Å².